The highest BCUT2D eigenvalue weighted by Crippen LogP contribution is 2.17. The van der Waals surface area contributed by atoms with E-state index in [2.05, 4.69) is 0 Å². The van der Waals surface area contributed by atoms with Crippen LogP contribution in [0.4, 0.5) is 5.82 Å². The summed E-state index contributed by atoms with van der Waals surface area (Å²) < 4.78 is 8.20. The normalized spacial score (nSPS) is 15.5. The fourth-order valence-corrected chi connectivity index (χ4v) is 4.56. The second kappa shape index (κ2) is 11.3. The summed E-state index contributed by atoms with van der Waals surface area (Å²) in [5.74, 6) is -0.485. The lowest BCUT2D eigenvalue weighted by Crippen LogP contribution is -2.45. The summed E-state index contributed by atoms with van der Waals surface area (Å²) >= 11 is 0. The van der Waals surface area contributed by atoms with E-state index in [0.29, 0.717) is 13.1 Å². The minimum Gasteiger partial charge on any atom is -0.384 e. The molecule has 1 aromatic heterocycles. The average Bonchev–Trinajstić information content (AvgIpc) is 3.36. The number of ketones is 1. The van der Waals surface area contributed by atoms with Gasteiger partial charge < -0.3 is 10.5 Å². The second-order valence-electron chi connectivity index (χ2n) is 8.88. The van der Waals surface area contributed by atoms with Gasteiger partial charge in [-0.2, -0.15) is 0 Å². The molecule has 3 aromatic rings. The van der Waals surface area contributed by atoms with Gasteiger partial charge in [-0.25, -0.2) is 4.79 Å². The highest BCUT2D eigenvalue weighted by atomic mass is 16.5. The Balaban J connectivity index is 1.67. The maximum absolute atomic E-state index is 13.6. The Morgan fingerprint density at radius 3 is 2.29 bits per heavy atom. The van der Waals surface area contributed by atoms with Crippen molar-refractivity contribution in [1.29, 1.82) is 0 Å². The maximum atomic E-state index is 13.6. The molecule has 2 N–H and O–H groups in total. The molecule has 0 radical (unpaired) electrons. The third-order valence-corrected chi connectivity index (χ3v) is 6.35. The summed E-state index contributed by atoms with van der Waals surface area (Å²) in [7, 11) is 0. The van der Waals surface area contributed by atoms with Crippen molar-refractivity contribution >= 4 is 11.6 Å². The highest BCUT2D eigenvalue weighted by Gasteiger charge is 2.26. The van der Waals surface area contributed by atoms with Crippen LogP contribution in [0.3, 0.4) is 0 Å². The summed E-state index contributed by atoms with van der Waals surface area (Å²) in [6, 6.07) is 19.2. The molecule has 2 aromatic carbocycles. The van der Waals surface area contributed by atoms with Crippen LogP contribution in [0, 0.1) is 0 Å². The summed E-state index contributed by atoms with van der Waals surface area (Å²) in [6.07, 6.45) is 1.98. The number of hydrogen-bond acceptors (Lipinski definition) is 6. The maximum Gasteiger partial charge on any atom is 0.332 e. The molecule has 4 rings (SSSR count). The number of Topliss-reactive ketones (excluding diaryl/α,β-unsaturated/α-hetero) is 1. The number of benzene rings is 2. The number of rotatable bonds is 10. The standard InChI is InChI=1S/C27H32N4O4/c1-2-30-26(33)24(25(28)31(27(30)34)17-21-12-7-4-8-13-21)23(32)19-29(18-22-14-9-15-35-22)16-20-10-5-3-6-11-20/h3-8,10-13,22H,2,9,14-19,28H2,1H3. The van der Waals surface area contributed by atoms with E-state index in [9.17, 15) is 14.4 Å². The first-order valence-corrected chi connectivity index (χ1v) is 12.1. The highest BCUT2D eigenvalue weighted by molar-refractivity contribution is 6.01. The van der Waals surface area contributed by atoms with Gasteiger partial charge in [-0.3, -0.25) is 23.6 Å². The molecule has 0 saturated carbocycles. The number of nitrogens with two attached hydrogens (primary N) is 1. The Hall–Kier alpha value is -3.49. The lowest BCUT2D eigenvalue weighted by Gasteiger charge is -2.25. The van der Waals surface area contributed by atoms with Crippen LogP contribution in [0.25, 0.3) is 0 Å². The van der Waals surface area contributed by atoms with Crippen molar-refractivity contribution in [2.24, 2.45) is 0 Å². The van der Waals surface area contributed by atoms with Gasteiger partial charge in [-0.15, -0.1) is 0 Å². The van der Waals surface area contributed by atoms with Crippen molar-refractivity contribution in [2.45, 2.75) is 45.5 Å². The molecule has 1 saturated heterocycles. The molecule has 1 fully saturated rings. The van der Waals surface area contributed by atoms with E-state index >= 15 is 0 Å². The van der Waals surface area contributed by atoms with Crippen LogP contribution in [-0.2, 0) is 24.4 Å². The first kappa shape index (κ1) is 24.6. The van der Waals surface area contributed by atoms with Crippen LogP contribution >= 0.6 is 0 Å². The number of ether oxygens (including phenoxy) is 1. The number of nitrogen functional groups attached to an aromatic ring is 1. The topological polar surface area (TPSA) is 99.6 Å². The summed E-state index contributed by atoms with van der Waals surface area (Å²) in [4.78, 5) is 41.7. The SMILES string of the molecule is CCn1c(=O)c(C(=O)CN(Cc2ccccc2)CC2CCCO2)c(N)n(Cc2ccccc2)c1=O. The van der Waals surface area contributed by atoms with Gasteiger partial charge in [-0.05, 0) is 30.9 Å². The number of anilines is 1. The van der Waals surface area contributed by atoms with Crippen LogP contribution in [0.1, 0.15) is 41.3 Å². The van der Waals surface area contributed by atoms with Crippen molar-refractivity contribution in [2.75, 3.05) is 25.4 Å². The van der Waals surface area contributed by atoms with Gasteiger partial charge >= 0.3 is 5.69 Å². The second-order valence-corrected chi connectivity index (χ2v) is 8.88. The molecule has 35 heavy (non-hydrogen) atoms. The zero-order valence-corrected chi connectivity index (χ0v) is 20.1. The zero-order chi connectivity index (χ0) is 24.8. The van der Waals surface area contributed by atoms with E-state index in [1.54, 1.807) is 6.92 Å². The van der Waals surface area contributed by atoms with Crippen molar-refractivity contribution in [3.8, 4) is 0 Å². The molecule has 1 unspecified atom stereocenters. The molecule has 0 amide bonds. The minimum atomic E-state index is -0.638. The predicted octanol–water partition coefficient (Wildman–Crippen LogP) is 2.52. The molecular weight excluding hydrogens is 444 g/mol. The molecule has 8 nitrogen and oxygen atoms in total. The van der Waals surface area contributed by atoms with E-state index in [0.717, 1.165) is 35.1 Å². The Kier molecular flexibility index (Phi) is 7.94. The summed E-state index contributed by atoms with van der Waals surface area (Å²) in [5.41, 5.74) is 6.96. The third-order valence-electron chi connectivity index (χ3n) is 6.35. The monoisotopic (exact) mass is 476 g/mol. The molecule has 0 spiro atoms. The van der Waals surface area contributed by atoms with E-state index in [1.165, 1.54) is 4.57 Å². The zero-order valence-electron chi connectivity index (χ0n) is 20.1. The van der Waals surface area contributed by atoms with E-state index in [-0.39, 0.29) is 37.1 Å². The minimum absolute atomic E-state index is 0.00144. The van der Waals surface area contributed by atoms with Gasteiger partial charge in [0.15, 0.2) is 5.78 Å². The van der Waals surface area contributed by atoms with Crippen LogP contribution in [0.2, 0.25) is 0 Å². The molecule has 0 aliphatic carbocycles. The van der Waals surface area contributed by atoms with Gasteiger partial charge in [0, 0.05) is 26.2 Å². The quantitative estimate of drug-likeness (QED) is 0.452. The molecule has 1 atom stereocenters. The molecule has 0 bridgehead atoms. The molecular formula is C27H32N4O4. The summed E-state index contributed by atoms with van der Waals surface area (Å²) in [6.45, 7) is 3.87. The van der Waals surface area contributed by atoms with Crippen molar-refractivity contribution in [3.63, 3.8) is 0 Å². The smallest absolute Gasteiger partial charge is 0.332 e. The lowest BCUT2D eigenvalue weighted by molar-refractivity contribution is 0.0649. The van der Waals surface area contributed by atoms with E-state index in [4.69, 9.17) is 10.5 Å². The number of carbonyl (C=O) groups is 1. The first-order chi connectivity index (χ1) is 17.0. The molecule has 1 aliphatic rings. The first-order valence-electron chi connectivity index (χ1n) is 12.1. The Bertz CT molecular complexity index is 1260. The molecule has 1 aliphatic heterocycles. The lowest BCUT2D eigenvalue weighted by atomic mass is 10.1. The van der Waals surface area contributed by atoms with Gasteiger partial charge in [-0.1, -0.05) is 60.7 Å². The summed E-state index contributed by atoms with van der Waals surface area (Å²) in [5, 5.41) is 0. The average molecular weight is 477 g/mol. The van der Waals surface area contributed by atoms with Crippen LogP contribution in [-0.4, -0.2) is 45.6 Å². The van der Waals surface area contributed by atoms with Crippen molar-refractivity contribution in [3.05, 3.63) is 98.2 Å². The Morgan fingerprint density at radius 2 is 1.69 bits per heavy atom. The van der Waals surface area contributed by atoms with E-state index in [1.807, 2.05) is 65.6 Å². The van der Waals surface area contributed by atoms with Crippen LogP contribution < -0.4 is 17.0 Å². The Labute approximate surface area is 204 Å². The van der Waals surface area contributed by atoms with Gasteiger partial charge in [0.1, 0.15) is 11.4 Å². The third kappa shape index (κ3) is 5.78. The largest absolute Gasteiger partial charge is 0.384 e. The molecule has 184 valence electrons. The number of hydrogen-bond donors (Lipinski definition) is 1. The molecule has 2 heterocycles. The Morgan fingerprint density at radius 1 is 1.03 bits per heavy atom. The van der Waals surface area contributed by atoms with Crippen LogP contribution in [0.5, 0.6) is 0 Å². The van der Waals surface area contributed by atoms with E-state index < -0.39 is 17.0 Å². The predicted molar refractivity (Wildman–Crippen MR) is 136 cm³/mol. The van der Waals surface area contributed by atoms with Crippen molar-refractivity contribution < 1.29 is 9.53 Å². The molecule has 8 heteroatoms. The van der Waals surface area contributed by atoms with Crippen LogP contribution in [0.15, 0.2) is 70.3 Å². The van der Waals surface area contributed by atoms with Gasteiger partial charge in [0.2, 0.25) is 0 Å². The number of aromatic nitrogens is 2. The van der Waals surface area contributed by atoms with Gasteiger partial charge in [0.05, 0.1) is 19.2 Å². The van der Waals surface area contributed by atoms with Crippen molar-refractivity contribution in [1.82, 2.24) is 14.0 Å². The fraction of sp³-hybridized carbons (Fsp3) is 0.370. The number of nitrogens with zero attached hydrogens (tertiary/aromatic N) is 3. The van der Waals surface area contributed by atoms with Gasteiger partial charge in [0.25, 0.3) is 5.56 Å². The number of carbonyl (C=O) groups excluding carboxylic acids is 1. The fourth-order valence-electron chi connectivity index (χ4n) is 4.56.